The molecule has 4 heteroatoms. The van der Waals surface area contributed by atoms with Crippen molar-refractivity contribution in [3.05, 3.63) is 71.7 Å². The first-order valence-electron chi connectivity index (χ1n) is 19.2. The lowest BCUT2D eigenvalue weighted by Gasteiger charge is -2.76. The Morgan fingerprint density at radius 1 is 0.917 bits per heavy atom. The Morgan fingerprint density at radius 2 is 1.71 bits per heavy atom. The van der Waals surface area contributed by atoms with Crippen LogP contribution in [0.5, 0.6) is 0 Å². The molecule has 0 amide bonds. The molecular weight excluding hydrogens is 588 g/mol. The molecule has 3 aromatic rings. The highest BCUT2D eigenvalue weighted by Crippen LogP contribution is 2.78. The van der Waals surface area contributed by atoms with Crippen LogP contribution in [0.4, 0.5) is 0 Å². The molecule has 2 aromatic heterocycles. The van der Waals surface area contributed by atoms with E-state index in [2.05, 4.69) is 82.7 Å². The van der Waals surface area contributed by atoms with E-state index in [1.165, 1.54) is 61.5 Å². The molecule has 1 spiro atoms. The quantitative estimate of drug-likeness (QED) is 0.289. The molecule has 7 aliphatic rings. The summed E-state index contributed by atoms with van der Waals surface area (Å²) in [4.78, 5) is 22.3. The van der Waals surface area contributed by atoms with Crippen molar-refractivity contribution < 1.29 is 9.53 Å². The second kappa shape index (κ2) is 9.95. The number of benzene rings is 1. The minimum atomic E-state index is -0.420. The molecule has 11 atom stereocenters. The van der Waals surface area contributed by atoms with Gasteiger partial charge in [-0.25, -0.2) is 0 Å². The number of hydrogen-bond donors (Lipinski definition) is 1. The number of rotatable bonds is 3. The third-order valence-electron chi connectivity index (χ3n) is 17.2. The molecule has 0 radical (unpaired) electrons. The van der Waals surface area contributed by atoms with Crippen molar-refractivity contribution in [1.29, 1.82) is 0 Å². The first kappa shape index (κ1) is 31.3. The van der Waals surface area contributed by atoms with Gasteiger partial charge in [-0.05, 0) is 145 Å². The molecule has 1 N–H and O–H groups in total. The number of para-hydroxylation sites is 1. The molecule has 1 aromatic carbocycles. The number of ketones is 1. The Bertz CT molecular complexity index is 1820. The molecule has 2 bridgehead atoms. The number of hydrogen-bond acceptors (Lipinski definition) is 3. The molecule has 2 aliphatic heterocycles. The Hall–Kier alpha value is -2.72. The van der Waals surface area contributed by atoms with Crippen molar-refractivity contribution in [1.82, 2.24) is 9.97 Å². The number of carbonyl (C=O) groups is 1. The number of allylic oxidation sites excluding steroid dienone is 1. The van der Waals surface area contributed by atoms with Gasteiger partial charge in [0.05, 0.1) is 23.8 Å². The third-order valence-corrected chi connectivity index (χ3v) is 17.2. The van der Waals surface area contributed by atoms with Crippen LogP contribution in [0.3, 0.4) is 0 Å². The lowest BCUT2D eigenvalue weighted by atomic mass is 9.30. The molecule has 5 aliphatic carbocycles. The van der Waals surface area contributed by atoms with Gasteiger partial charge >= 0.3 is 0 Å². The lowest BCUT2D eigenvalue weighted by Crippen LogP contribution is -2.73. The highest BCUT2D eigenvalue weighted by Gasteiger charge is 2.74. The lowest BCUT2D eigenvalue weighted by molar-refractivity contribution is -0.316. The standard InChI is InChI=1S/C44H56N2O2/c1-27-37-31-16-18-36-40(4)24-30-29-13-8-9-14-33(29)46-38(30)39(2,3)35(40)19-20-42(36,6)41(31,5)21-22-44(37)25-32(43(27,7)48-26-44)34(47)17-15-28-12-10-11-23-45-28/h8-15,17,23,27,31-32,35-37,46H,16,18-22,24-26H2,1-7H3/b17-15+/t27-,31+,32+,35-,36+,37+,40-,41+,42+,43-,44-/m0/s1. The van der Waals surface area contributed by atoms with Gasteiger partial charge in [0.2, 0.25) is 0 Å². The second-order valence-corrected chi connectivity index (χ2v) is 19.0. The highest BCUT2D eigenvalue weighted by molar-refractivity contribution is 5.96. The zero-order chi connectivity index (χ0) is 33.5. The zero-order valence-corrected chi connectivity index (χ0v) is 30.4. The summed E-state index contributed by atoms with van der Waals surface area (Å²) in [6.07, 6.45) is 15.4. The van der Waals surface area contributed by atoms with Crippen LogP contribution in [0, 0.1) is 57.2 Å². The van der Waals surface area contributed by atoms with Crippen molar-refractivity contribution >= 4 is 22.8 Å². The van der Waals surface area contributed by atoms with E-state index in [1.54, 1.807) is 17.8 Å². The van der Waals surface area contributed by atoms with Gasteiger partial charge in [0.15, 0.2) is 5.78 Å². The maximum atomic E-state index is 13.9. The monoisotopic (exact) mass is 644 g/mol. The minimum absolute atomic E-state index is 0.0852. The summed E-state index contributed by atoms with van der Waals surface area (Å²) in [5, 5.41) is 1.45. The van der Waals surface area contributed by atoms with E-state index in [-0.39, 0.29) is 27.9 Å². The van der Waals surface area contributed by atoms with Crippen molar-refractivity contribution in [2.45, 2.75) is 111 Å². The van der Waals surface area contributed by atoms with E-state index >= 15 is 0 Å². The van der Waals surface area contributed by atoms with Crippen LogP contribution < -0.4 is 0 Å². The van der Waals surface area contributed by atoms with Crippen LogP contribution in [-0.4, -0.2) is 28.0 Å². The smallest absolute Gasteiger partial charge is 0.161 e. The van der Waals surface area contributed by atoms with Crippen LogP contribution in [0.1, 0.15) is 110 Å². The Morgan fingerprint density at radius 3 is 2.50 bits per heavy atom. The zero-order valence-electron chi connectivity index (χ0n) is 30.4. The molecule has 48 heavy (non-hydrogen) atoms. The average Bonchev–Trinajstić information content (AvgIpc) is 3.44. The molecule has 4 saturated carbocycles. The summed E-state index contributed by atoms with van der Waals surface area (Å²) >= 11 is 0. The predicted molar refractivity (Wildman–Crippen MR) is 193 cm³/mol. The van der Waals surface area contributed by atoms with Crippen LogP contribution in [0.2, 0.25) is 0 Å². The number of aromatic amines is 1. The SMILES string of the molecule is C[C@H]1[C@@H]2[C@H]3CC[C@@H]4[C@@]5(C)Cc6c([nH]c7ccccc67)C(C)(C)[C@@H]5CC[C@@]4(C)[C@]3(C)CC[C@]23CO[C@]1(C)[C@@H](C(=O)/C=C/c1ccccn1)C3. The maximum absolute atomic E-state index is 13.9. The Labute approximate surface area is 287 Å². The first-order valence-corrected chi connectivity index (χ1v) is 19.2. The van der Waals surface area contributed by atoms with Gasteiger partial charge in [-0.1, -0.05) is 65.8 Å². The molecule has 10 rings (SSSR count). The molecule has 254 valence electrons. The van der Waals surface area contributed by atoms with E-state index in [0.717, 1.165) is 18.7 Å². The highest BCUT2D eigenvalue weighted by atomic mass is 16.5. The fraction of sp³-hybridized carbons (Fsp3) is 0.636. The van der Waals surface area contributed by atoms with Gasteiger partial charge in [0, 0.05) is 28.2 Å². The summed E-state index contributed by atoms with van der Waals surface area (Å²) in [7, 11) is 0. The average molecular weight is 645 g/mol. The molecule has 4 nitrogen and oxygen atoms in total. The fourth-order valence-electron chi connectivity index (χ4n) is 14.7. The minimum Gasteiger partial charge on any atom is -0.374 e. The summed E-state index contributed by atoms with van der Waals surface area (Å²) in [5.74, 6) is 3.20. The van der Waals surface area contributed by atoms with Gasteiger partial charge < -0.3 is 9.72 Å². The second-order valence-electron chi connectivity index (χ2n) is 19.0. The van der Waals surface area contributed by atoms with Crippen LogP contribution >= 0.6 is 0 Å². The van der Waals surface area contributed by atoms with Gasteiger partial charge in [-0.2, -0.15) is 0 Å². The molecule has 6 fully saturated rings. The topological polar surface area (TPSA) is 55.0 Å². The third kappa shape index (κ3) is 3.77. The number of fused-ring (bicyclic) bond motifs is 10. The summed E-state index contributed by atoms with van der Waals surface area (Å²) < 4.78 is 6.86. The fourth-order valence-corrected chi connectivity index (χ4v) is 14.7. The van der Waals surface area contributed by atoms with E-state index in [9.17, 15) is 4.79 Å². The maximum Gasteiger partial charge on any atom is 0.161 e. The predicted octanol–water partition coefficient (Wildman–Crippen LogP) is 9.98. The van der Waals surface area contributed by atoms with Gasteiger partial charge in [-0.15, -0.1) is 0 Å². The van der Waals surface area contributed by atoms with Gasteiger partial charge in [0.25, 0.3) is 0 Å². The number of carbonyl (C=O) groups excluding carboxylic acids is 1. The van der Waals surface area contributed by atoms with Gasteiger partial charge in [-0.3, -0.25) is 9.78 Å². The summed E-state index contributed by atoms with van der Waals surface area (Å²) in [6, 6.07) is 14.9. The number of pyridine rings is 1. The van der Waals surface area contributed by atoms with Crippen molar-refractivity contribution in [3.8, 4) is 0 Å². The van der Waals surface area contributed by atoms with Crippen molar-refractivity contribution in [2.75, 3.05) is 6.61 Å². The summed E-state index contributed by atoms with van der Waals surface area (Å²) in [6.45, 7) is 18.9. The number of H-pyrrole nitrogens is 1. The first-order chi connectivity index (χ1) is 22.8. The number of ether oxygens (including phenoxy) is 1. The molecule has 2 saturated heterocycles. The number of nitrogens with one attached hydrogen (secondary N) is 1. The van der Waals surface area contributed by atoms with E-state index in [4.69, 9.17) is 4.74 Å². The van der Waals surface area contributed by atoms with Crippen LogP contribution in [0.15, 0.2) is 54.7 Å². The Balaban J connectivity index is 1.05. The van der Waals surface area contributed by atoms with Crippen LogP contribution in [-0.2, 0) is 21.4 Å². The van der Waals surface area contributed by atoms with E-state index in [1.807, 2.05) is 24.3 Å². The molecular formula is C44H56N2O2. The molecule has 4 heterocycles. The summed E-state index contributed by atoms with van der Waals surface area (Å²) in [5.41, 5.74) is 5.96. The number of aromatic nitrogens is 2. The Kier molecular flexibility index (Phi) is 6.49. The van der Waals surface area contributed by atoms with Crippen molar-refractivity contribution in [2.24, 2.45) is 57.2 Å². The largest absolute Gasteiger partial charge is 0.374 e. The van der Waals surface area contributed by atoms with Crippen LogP contribution in [0.25, 0.3) is 17.0 Å². The van der Waals surface area contributed by atoms with Gasteiger partial charge in [0.1, 0.15) is 0 Å². The normalized spacial score (nSPS) is 45.6. The van der Waals surface area contributed by atoms with E-state index in [0.29, 0.717) is 40.4 Å². The van der Waals surface area contributed by atoms with Crippen molar-refractivity contribution in [3.63, 3.8) is 0 Å². The molecule has 0 unspecified atom stereocenters. The number of nitrogens with zero attached hydrogens (tertiary/aromatic N) is 1. The van der Waals surface area contributed by atoms with E-state index < -0.39 is 5.60 Å².